The molecule has 0 spiro atoms. The summed E-state index contributed by atoms with van der Waals surface area (Å²) in [7, 11) is 2.09. The second-order valence-corrected chi connectivity index (χ2v) is 3.73. The highest BCUT2D eigenvalue weighted by Gasteiger charge is 2.24. The van der Waals surface area contributed by atoms with Crippen LogP contribution >= 0.6 is 0 Å². The van der Waals surface area contributed by atoms with Gasteiger partial charge in [0.2, 0.25) is 0 Å². The number of ether oxygens (including phenoxy) is 1. The Morgan fingerprint density at radius 3 is 3.00 bits per heavy atom. The zero-order valence-corrected chi connectivity index (χ0v) is 8.68. The van der Waals surface area contributed by atoms with Crippen LogP contribution in [-0.2, 0) is 0 Å². The molecular formula is C11H13N3O. The van der Waals surface area contributed by atoms with Crippen LogP contribution in [-0.4, -0.2) is 36.1 Å². The van der Waals surface area contributed by atoms with Crippen LogP contribution in [0.5, 0.6) is 5.75 Å². The Labute approximate surface area is 89.1 Å². The molecule has 78 valence electrons. The fraction of sp³-hybridized carbons (Fsp3) is 0.455. The molecule has 1 aromatic heterocycles. The van der Waals surface area contributed by atoms with Gasteiger partial charge in [0, 0.05) is 6.04 Å². The maximum absolute atomic E-state index is 8.57. The SMILES string of the molecule is CN1CC[C@H]1COc1ccc(C#N)nc1. The van der Waals surface area contributed by atoms with Crippen LogP contribution < -0.4 is 4.74 Å². The summed E-state index contributed by atoms with van der Waals surface area (Å²) >= 11 is 0. The van der Waals surface area contributed by atoms with Gasteiger partial charge < -0.3 is 4.74 Å². The maximum Gasteiger partial charge on any atom is 0.140 e. The summed E-state index contributed by atoms with van der Waals surface area (Å²) in [6.45, 7) is 1.85. The molecule has 0 saturated carbocycles. The van der Waals surface area contributed by atoms with Crippen molar-refractivity contribution in [3.8, 4) is 11.8 Å². The second kappa shape index (κ2) is 4.28. The molecule has 1 aromatic rings. The maximum atomic E-state index is 8.57. The molecule has 0 aromatic carbocycles. The monoisotopic (exact) mass is 203 g/mol. The van der Waals surface area contributed by atoms with Gasteiger partial charge in [-0.1, -0.05) is 0 Å². The van der Waals surface area contributed by atoms with E-state index in [1.807, 2.05) is 6.07 Å². The van der Waals surface area contributed by atoms with Crippen molar-refractivity contribution in [1.82, 2.24) is 9.88 Å². The van der Waals surface area contributed by atoms with Crippen molar-refractivity contribution in [2.24, 2.45) is 0 Å². The topological polar surface area (TPSA) is 49.1 Å². The van der Waals surface area contributed by atoms with Gasteiger partial charge in [-0.3, -0.25) is 4.90 Å². The summed E-state index contributed by atoms with van der Waals surface area (Å²) in [5.41, 5.74) is 0.420. The molecule has 0 radical (unpaired) electrons. The first kappa shape index (κ1) is 9.94. The van der Waals surface area contributed by atoms with E-state index in [0.717, 1.165) is 12.3 Å². The number of nitriles is 1. The van der Waals surface area contributed by atoms with Crippen LogP contribution in [0.1, 0.15) is 12.1 Å². The molecule has 1 fully saturated rings. The molecule has 2 heterocycles. The van der Waals surface area contributed by atoms with E-state index < -0.39 is 0 Å². The molecular weight excluding hydrogens is 190 g/mol. The number of rotatable bonds is 3. The van der Waals surface area contributed by atoms with E-state index in [9.17, 15) is 0 Å². The van der Waals surface area contributed by atoms with Crippen LogP contribution in [0.25, 0.3) is 0 Å². The van der Waals surface area contributed by atoms with E-state index in [-0.39, 0.29) is 0 Å². The van der Waals surface area contributed by atoms with Crippen molar-refractivity contribution in [3.63, 3.8) is 0 Å². The summed E-state index contributed by atoms with van der Waals surface area (Å²) in [5, 5.41) is 8.57. The first-order valence-corrected chi connectivity index (χ1v) is 4.99. The minimum absolute atomic E-state index is 0.420. The van der Waals surface area contributed by atoms with Crippen LogP contribution in [0.3, 0.4) is 0 Å². The molecule has 0 N–H and O–H groups in total. The largest absolute Gasteiger partial charge is 0.490 e. The zero-order chi connectivity index (χ0) is 10.7. The summed E-state index contributed by atoms with van der Waals surface area (Å²) < 4.78 is 5.57. The Bertz CT molecular complexity index is 368. The van der Waals surface area contributed by atoms with Gasteiger partial charge in [0.1, 0.15) is 24.1 Å². The predicted molar refractivity (Wildman–Crippen MR) is 55.5 cm³/mol. The fourth-order valence-electron chi connectivity index (χ4n) is 1.50. The minimum Gasteiger partial charge on any atom is -0.490 e. The second-order valence-electron chi connectivity index (χ2n) is 3.73. The summed E-state index contributed by atoms with van der Waals surface area (Å²) in [6.07, 6.45) is 2.79. The van der Waals surface area contributed by atoms with Gasteiger partial charge in [0.15, 0.2) is 0 Å². The third-order valence-electron chi connectivity index (χ3n) is 2.73. The molecule has 1 saturated heterocycles. The molecule has 0 unspecified atom stereocenters. The van der Waals surface area contributed by atoms with E-state index in [1.54, 1.807) is 18.3 Å². The molecule has 0 amide bonds. The fourth-order valence-corrected chi connectivity index (χ4v) is 1.50. The third kappa shape index (κ3) is 2.25. The standard InChI is InChI=1S/C11H13N3O/c1-14-5-4-10(14)8-15-11-3-2-9(6-12)13-7-11/h2-3,7,10H,4-5,8H2,1H3/t10-/m0/s1. The summed E-state index contributed by atoms with van der Waals surface area (Å²) in [4.78, 5) is 6.20. The lowest BCUT2D eigenvalue weighted by Gasteiger charge is -2.37. The van der Waals surface area contributed by atoms with E-state index in [0.29, 0.717) is 18.3 Å². The van der Waals surface area contributed by atoms with Crippen LogP contribution in [0, 0.1) is 11.3 Å². The van der Waals surface area contributed by atoms with Crippen molar-refractivity contribution in [3.05, 3.63) is 24.0 Å². The van der Waals surface area contributed by atoms with E-state index in [4.69, 9.17) is 10.00 Å². The third-order valence-corrected chi connectivity index (χ3v) is 2.73. The van der Waals surface area contributed by atoms with Crippen molar-refractivity contribution in [2.75, 3.05) is 20.2 Å². The quantitative estimate of drug-likeness (QED) is 0.736. The molecule has 4 heteroatoms. The molecule has 1 atom stereocenters. The Balaban J connectivity index is 1.86. The number of likely N-dealkylation sites (tertiary alicyclic amines) is 1. The Morgan fingerprint density at radius 1 is 1.67 bits per heavy atom. The summed E-state index contributed by atoms with van der Waals surface area (Å²) in [5.74, 6) is 0.731. The molecule has 15 heavy (non-hydrogen) atoms. The van der Waals surface area contributed by atoms with Gasteiger partial charge in [-0.15, -0.1) is 0 Å². The normalized spacial score (nSPS) is 20.4. The van der Waals surface area contributed by atoms with E-state index in [2.05, 4.69) is 16.9 Å². The average molecular weight is 203 g/mol. The van der Waals surface area contributed by atoms with Crippen LogP contribution in [0.15, 0.2) is 18.3 Å². The van der Waals surface area contributed by atoms with E-state index >= 15 is 0 Å². The lowest BCUT2D eigenvalue weighted by atomic mass is 10.1. The van der Waals surface area contributed by atoms with Gasteiger partial charge >= 0.3 is 0 Å². The number of nitrogens with zero attached hydrogens (tertiary/aromatic N) is 3. The highest BCUT2D eigenvalue weighted by Crippen LogP contribution is 2.16. The smallest absolute Gasteiger partial charge is 0.140 e. The first-order valence-electron chi connectivity index (χ1n) is 4.99. The average Bonchev–Trinajstić information content (AvgIpc) is 2.28. The van der Waals surface area contributed by atoms with E-state index in [1.165, 1.54) is 6.42 Å². The van der Waals surface area contributed by atoms with Crippen molar-refractivity contribution >= 4 is 0 Å². The van der Waals surface area contributed by atoms with Crippen molar-refractivity contribution < 1.29 is 4.74 Å². The van der Waals surface area contributed by atoms with Gasteiger partial charge in [-0.25, -0.2) is 4.98 Å². The highest BCUT2D eigenvalue weighted by atomic mass is 16.5. The Hall–Kier alpha value is -1.60. The first-order chi connectivity index (χ1) is 7.29. The van der Waals surface area contributed by atoms with Gasteiger partial charge in [-0.2, -0.15) is 5.26 Å². The predicted octanol–water partition coefficient (Wildman–Crippen LogP) is 1.04. The zero-order valence-electron chi connectivity index (χ0n) is 8.68. The van der Waals surface area contributed by atoms with Crippen molar-refractivity contribution in [1.29, 1.82) is 5.26 Å². The van der Waals surface area contributed by atoms with Crippen LogP contribution in [0.4, 0.5) is 0 Å². The minimum atomic E-state index is 0.420. The Kier molecular flexibility index (Phi) is 2.84. The summed E-state index contributed by atoms with van der Waals surface area (Å²) in [6, 6.07) is 5.95. The number of aromatic nitrogens is 1. The molecule has 1 aliphatic rings. The Morgan fingerprint density at radius 2 is 2.53 bits per heavy atom. The number of hydrogen-bond donors (Lipinski definition) is 0. The molecule has 1 aliphatic heterocycles. The number of pyridine rings is 1. The van der Waals surface area contributed by atoms with Crippen LogP contribution in [0.2, 0.25) is 0 Å². The lowest BCUT2D eigenvalue weighted by molar-refractivity contribution is 0.0767. The lowest BCUT2D eigenvalue weighted by Crippen LogP contribution is -2.48. The van der Waals surface area contributed by atoms with Gasteiger partial charge in [0.05, 0.1) is 6.20 Å². The van der Waals surface area contributed by atoms with Gasteiger partial charge in [-0.05, 0) is 32.1 Å². The number of likely N-dealkylation sites (N-methyl/N-ethyl adjacent to an activating group) is 1. The molecule has 0 aliphatic carbocycles. The van der Waals surface area contributed by atoms with Crippen molar-refractivity contribution in [2.45, 2.75) is 12.5 Å². The van der Waals surface area contributed by atoms with Gasteiger partial charge in [0.25, 0.3) is 0 Å². The molecule has 4 nitrogen and oxygen atoms in total. The number of hydrogen-bond acceptors (Lipinski definition) is 4. The highest BCUT2D eigenvalue weighted by molar-refractivity contribution is 5.26. The molecule has 0 bridgehead atoms. The molecule has 2 rings (SSSR count).